The zero-order valence-electron chi connectivity index (χ0n) is 11.5. The van der Waals surface area contributed by atoms with Crippen LogP contribution in [0.25, 0.3) is 10.8 Å². The van der Waals surface area contributed by atoms with E-state index in [9.17, 15) is 0 Å². The summed E-state index contributed by atoms with van der Waals surface area (Å²) in [4.78, 5) is 6.66. The average molecular weight is 255 g/mol. The van der Waals surface area contributed by atoms with Crippen LogP contribution in [-0.4, -0.2) is 17.6 Å². The number of fused-ring (bicyclic) bond motifs is 1. The molecule has 0 radical (unpaired) electrons. The van der Waals surface area contributed by atoms with E-state index in [-0.39, 0.29) is 0 Å². The fourth-order valence-corrected chi connectivity index (χ4v) is 2.65. The molecule has 1 aliphatic rings. The van der Waals surface area contributed by atoms with Crippen molar-refractivity contribution in [3.8, 4) is 0 Å². The van der Waals surface area contributed by atoms with Crippen molar-refractivity contribution < 1.29 is 0 Å². The molecule has 2 aromatic rings. The molecule has 0 bridgehead atoms. The Bertz CT molecular complexity index is 575. The summed E-state index contributed by atoms with van der Waals surface area (Å²) in [6, 6.07) is 7.01. The number of rotatable bonds is 5. The summed E-state index contributed by atoms with van der Waals surface area (Å²) in [5.41, 5.74) is 8.50. The number of aromatic nitrogens is 1. The lowest BCUT2D eigenvalue weighted by molar-refractivity contribution is 0.714. The minimum atomic E-state index is 0.702. The molecule has 3 nitrogen and oxygen atoms in total. The van der Waals surface area contributed by atoms with Gasteiger partial charge in [-0.15, -0.1) is 0 Å². The molecular formula is C16H21N3. The summed E-state index contributed by atoms with van der Waals surface area (Å²) in [5.74, 6) is 0. The topological polar surface area (TPSA) is 42.2 Å². The van der Waals surface area contributed by atoms with Gasteiger partial charge < -0.3 is 10.6 Å². The van der Waals surface area contributed by atoms with E-state index >= 15 is 0 Å². The normalized spacial score (nSPS) is 14.8. The molecule has 1 aliphatic carbocycles. The van der Waals surface area contributed by atoms with Crippen LogP contribution in [0.5, 0.6) is 0 Å². The van der Waals surface area contributed by atoms with Crippen LogP contribution in [0.1, 0.15) is 32.6 Å². The lowest BCUT2D eigenvalue weighted by Crippen LogP contribution is -2.27. The Kier molecular flexibility index (Phi) is 3.28. The summed E-state index contributed by atoms with van der Waals surface area (Å²) < 4.78 is 0. The van der Waals surface area contributed by atoms with Crippen molar-refractivity contribution in [1.82, 2.24) is 4.98 Å². The molecule has 0 atom stereocenters. The zero-order chi connectivity index (χ0) is 13.2. The quantitative estimate of drug-likeness (QED) is 0.830. The number of hydrogen-bond donors (Lipinski definition) is 1. The van der Waals surface area contributed by atoms with Crippen LogP contribution in [-0.2, 0) is 0 Å². The Morgan fingerprint density at radius 3 is 2.89 bits per heavy atom. The molecule has 1 aromatic carbocycles. The van der Waals surface area contributed by atoms with E-state index in [0.717, 1.165) is 23.0 Å². The van der Waals surface area contributed by atoms with Gasteiger partial charge in [0.05, 0.1) is 11.4 Å². The van der Waals surface area contributed by atoms with Gasteiger partial charge in [-0.05, 0) is 31.4 Å². The van der Waals surface area contributed by atoms with Crippen molar-refractivity contribution in [2.75, 3.05) is 17.2 Å². The van der Waals surface area contributed by atoms with Gasteiger partial charge >= 0.3 is 0 Å². The summed E-state index contributed by atoms with van der Waals surface area (Å²) >= 11 is 0. The van der Waals surface area contributed by atoms with E-state index in [4.69, 9.17) is 5.73 Å². The van der Waals surface area contributed by atoms with E-state index in [1.165, 1.54) is 31.4 Å². The summed E-state index contributed by atoms with van der Waals surface area (Å²) in [6.45, 7) is 3.35. The maximum atomic E-state index is 6.39. The predicted molar refractivity (Wildman–Crippen MR) is 81.4 cm³/mol. The molecule has 3 heteroatoms. The number of hydrogen-bond acceptors (Lipinski definition) is 3. The lowest BCUT2D eigenvalue weighted by Gasteiger charge is -2.26. The Labute approximate surface area is 114 Å². The number of pyridine rings is 1. The van der Waals surface area contributed by atoms with E-state index in [1.807, 2.05) is 18.5 Å². The van der Waals surface area contributed by atoms with Gasteiger partial charge in [-0.3, -0.25) is 4.98 Å². The predicted octanol–water partition coefficient (Wildman–Crippen LogP) is 3.59. The Morgan fingerprint density at radius 1 is 1.32 bits per heavy atom. The standard InChI is InChI=1S/C16H21N3/c1-2-3-10-19(13-5-6-13)15-7-4-12-11-18-9-8-14(12)16(15)17/h4,7-9,11,13H,2-3,5-6,10,17H2,1H3. The van der Waals surface area contributed by atoms with Gasteiger partial charge in [-0.25, -0.2) is 0 Å². The molecule has 1 aromatic heterocycles. The van der Waals surface area contributed by atoms with Crippen LogP contribution < -0.4 is 10.6 Å². The molecule has 3 rings (SSSR count). The molecule has 1 heterocycles. The van der Waals surface area contributed by atoms with Gasteiger partial charge in [0.25, 0.3) is 0 Å². The van der Waals surface area contributed by atoms with E-state index < -0.39 is 0 Å². The van der Waals surface area contributed by atoms with E-state index in [2.05, 4.69) is 28.9 Å². The molecule has 0 spiro atoms. The Balaban J connectivity index is 2.00. The van der Waals surface area contributed by atoms with Crippen molar-refractivity contribution in [2.45, 2.75) is 38.6 Å². The third-order valence-corrected chi connectivity index (χ3v) is 3.89. The number of anilines is 2. The van der Waals surface area contributed by atoms with Crippen LogP contribution in [0.2, 0.25) is 0 Å². The highest BCUT2D eigenvalue weighted by Crippen LogP contribution is 2.37. The van der Waals surface area contributed by atoms with Crippen molar-refractivity contribution in [3.63, 3.8) is 0 Å². The number of unbranched alkanes of at least 4 members (excludes halogenated alkanes) is 1. The number of benzene rings is 1. The zero-order valence-corrected chi connectivity index (χ0v) is 11.5. The molecule has 100 valence electrons. The largest absolute Gasteiger partial charge is 0.397 e. The highest BCUT2D eigenvalue weighted by atomic mass is 15.2. The molecule has 1 saturated carbocycles. The maximum Gasteiger partial charge on any atom is 0.0632 e. The third-order valence-electron chi connectivity index (χ3n) is 3.89. The summed E-state index contributed by atoms with van der Waals surface area (Å²) in [5, 5.41) is 2.24. The van der Waals surface area contributed by atoms with Gasteiger partial charge in [0, 0.05) is 35.8 Å². The van der Waals surface area contributed by atoms with Crippen LogP contribution >= 0.6 is 0 Å². The third kappa shape index (κ3) is 2.37. The number of nitrogens with two attached hydrogens (primary N) is 1. The second-order valence-electron chi connectivity index (χ2n) is 5.37. The monoisotopic (exact) mass is 255 g/mol. The molecule has 1 fully saturated rings. The minimum absolute atomic E-state index is 0.702. The number of nitrogens with zero attached hydrogens (tertiary/aromatic N) is 2. The molecular weight excluding hydrogens is 234 g/mol. The second-order valence-corrected chi connectivity index (χ2v) is 5.37. The fraction of sp³-hybridized carbons (Fsp3) is 0.438. The van der Waals surface area contributed by atoms with Gasteiger partial charge in [-0.2, -0.15) is 0 Å². The van der Waals surface area contributed by atoms with Crippen molar-refractivity contribution >= 4 is 22.1 Å². The molecule has 0 saturated heterocycles. The van der Waals surface area contributed by atoms with Crippen molar-refractivity contribution in [2.24, 2.45) is 0 Å². The van der Waals surface area contributed by atoms with E-state index in [1.54, 1.807) is 0 Å². The maximum absolute atomic E-state index is 6.39. The van der Waals surface area contributed by atoms with Crippen LogP contribution in [0.3, 0.4) is 0 Å². The fourth-order valence-electron chi connectivity index (χ4n) is 2.65. The van der Waals surface area contributed by atoms with Crippen LogP contribution in [0.15, 0.2) is 30.6 Å². The van der Waals surface area contributed by atoms with Crippen molar-refractivity contribution in [1.29, 1.82) is 0 Å². The number of nitrogen functional groups attached to an aromatic ring is 1. The first-order valence-electron chi connectivity index (χ1n) is 7.20. The Morgan fingerprint density at radius 2 is 2.16 bits per heavy atom. The molecule has 0 unspecified atom stereocenters. The highest BCUT2D eigenvalue weighted by Gasteiger charge is 2.30. The van der Waals surface area contributed by atoms with Crippen LogP contribution in [0, 0.1) is 0 Å². The Hall–Kier alpha value is -1.77. The van der Waals surface area contributed by atoms with Gasteiger partial charge in [0.15, 0.2) is 0 Å². The highest BCUT2D eigenvalue weighted by molar-refractivity contribution is 5.98. The second kappa shape index (κ2) is 5.08. The first-order chi connectivity index (χ1) is 9.31. The van der Waals surface area contributed by atoms with Crippen molar-refractivity contribution in [3.05, 3.63) is 30.6 Å². The molecule has 0 aliphatic heterocycles. The first-order valence-corrected chi connectivity index (χ1v) is 7.20. The van der Waals surface area contributed by atoms with Gasteiger partial charge in [-0.1, -0.05) is 19.4 Å². The lowest BCUT2D eigenvalue weighted by atomic mass is 10.1. The van der Waals surface area contributed by atoms with Gasteiger partial charge in [0.2, 0.25) is 0 Å². The van der Waals surface area contributed by atoms with E-state index in [0.29, 0.717) is 6.04 Å². The molecule has 2 N–H and O–H groups in total. The van der Waals surface area contributed by atoms with Crippen LogP contribution in [0.4, 0.5) is 11.4 Å². The van der Waals surface area contributed by atoms with Gasteiger partial charge in [0.1, 0.15) is 0 Å². The average Bonchev–Trinajstić information content (AvgIpc) is 3.26. The minimum Gasteiger partial charge on any atom is -0.397 e. The first kappa shape index (κ1) is 12.3. The smallest absolute Gasteiger partial charge is 0.0632 e. The summed E-state index contributed by atoms with van der Waals surface area (Å²) in [7, 11) is 0. The molecule has 19 heavy (non-hydrogen) atoms. The molecule has 0 amide bonds. The SMILES string of the molecule is CCCCN(c1ccc2cnccc2c1N)C1CC1. The summed E-state index contributed by atoms with van der Waals surface area (Å²) in [6.07, 6.45) is 8.75.